The first kappa shape index (κ1) is 13.7. The van der Waals surface area contributed by atoms with Crippen molar-refractivity contribution in [2.24, 2.45) is 0 Å². The van der Waals surface area contributed by atoms with Crippen molar-refractivity contribution in [2.45, 2.75) is 32.6 Å². The van der Waals surface area contributed by atoms with Gasteiger partial charge in [0.25, 0.3) is 0 Å². The number of Topliss-reactive ketones (excluding diaryl/α,β-unsaturated/α-hetero) is 1. The minimum Gasteiger partial charge on any atom is -0.494 e. The molecule has 1 heterocycles. The Hall–Kier alpha value is -2.23. The molecule has 0 amide bonds. The molecule has 0 radical (unpaired) electrons. The molecule has 108 valence electrons. The summed E-state index contributed by atoms with van der Waals surface area (Å²) in [6.45, 7) is 2.80. The number of aromatic nitrogens is 2. The maximum absolute atomic E-state index is 11.8. The molecule has 4 nitrogen and oxygen atoms in total. The predicted molar refractivity (Wildman–Crippen MR) is 80.5 cm³/mol. The molecule has 1 aliphatic carbocycles. The molecule has 0 saturated carbocycles. The molecule has 4 heteroatoms. The second-order valence-electron chi connectivity index (χ2n) is 5.20. The lowest BCUT2D eigenvalue weighted by Gasteiger charge is -2.14. The first-order valence-electron chi connectivity index (χ1n) is 7.40. The number of benzene rings is 1. The Morgan fingerprint density at radius 2 is 2.00 bits per heavy atom. The van der Waals surface area contributed by atoms with Gasteiger partial charge in [0.05, 0.1) is 17.9 Å². The highest BCUT2D eigenvalue weighted by atomic mass is 16.5. The number of fused-ring (bicyclic) bond motifs is 1. The molecular weight excluding hydrogens is 264 g/mol. The fraction of sp³-hybridized carbons (Fsp3) is 0.353. The van der Waals surface area contributed by atoms with E-state index in [1.54, 1.807) is 6.20 Å². The summed E-state index contributed by atoms with van der Waals surface area (Å²) in [6, 6.07) is 7.77. The van der Waals surface area contributed by atoms with Gasteiger partial charge < -0.3 is 4.74 Å². The van der Waals surface area contributed by atoms with Crippen LogP contribution in [0.3, 0.4) is 0 Å². The quantitative estimate of drug-likeness (QED) is 0.861. The van der Waals surface area contributed by atoms with Crippen LogP contribution < -0.4 is 4.74 Å². The van der Waals surface area contributed by atoms with Crippen molar-refractivity contribution >= 4 is 5.78 Å². The molecular formula is C17H18N2O2. The average Bonchev–Trinajstić information content (AvgIpc) is 2.53. The van der Waals surface area contributed by atoms with Gasteiger partial charge in [-0.3, -0.25) is 4.79 Å². The van der Waals surface area contributed by atoms with Gasteiger partial charge in [-0.25, -0.2) is 9.97 Å². The summed E-state index contributed by atoms with van der Waals surface area (Å²) in [5.41, 5.74) is 2.51. The van der Waals surface area contributed by atoms with Crippen LogP contribution >= 0.6 is 0 Å². The van der Waals surface area contributed by atoms with E-state index in [9.17, 15) is 4.79 Å². The second-order valence-corrected chi connectivity index (χ2v) is 5.20. The Kier molecular flexibility index (Phi) is 3.95. The number of ether oxygens (including phenoxy) is 1. The molecule has 0 bridgehead atoms. The molecule has 0 saturated heterocycles. The number of ketones is 1. The molecule has 0 aliphatic heterocycles. The molecule has 0 unspecified atom stereocenters. The predicted octanol–water partition coefficient (Wildman–Crippen LogP) is 3.45. The lowest BCUT2D eigenvalue weighted by molar-refractivity contribution is 0.0971. The summed E-state index contributed by atoms with van der Waals surface area (Å²) >= 11 is 0. The van der Waals surface area contributed by atoms with E-state index >= 15 is 0 Å². The SMILES string of the molecule is CCCOc1ccc(-c2ncc3c(n2)CCCC3=O)cc1. The normalized spacial score (nSPS) is 13.9. The van der Waals surface area contributed by atoms with Crippen LogP contribution in [0.1, 0.15) is 42.2 Å². The topological polar surface area (TPSA) is 52.1 Å². The Morgan fingerprint density at radius 3 is 2.76 bits per heavy atom. The van der Waals surface area contributed by atoms with E-state index in [-0.39, 0.29) is 5.78 Å². The van der Waals surface area contributed by atoms with Crippen molar-refractivity contribution in [1.29, 1.82) is 0 Å². The van der Waals surface area contributed by atoms with Crippen LogP contribution in [0.2, 0.25) is 0 Å². The molecule has 21 heavy (non-hydrogen) atoms. The van der Waals surface area contributed by atoms with E-state index in [0.717, 1.165) is 42.9 Å². The van der Waals surface area contributed by atoms with Crippen LogP contribution in [0.25, 0.3) is 11.4 Å². The molecule has 1 aromatic carbocycles. The highest BCUT2D eigenvalue weighted by molar-refractivity contribution is 5.97. The van der Waals surface area contributed by atoms with Gasteiger partial charge in [0.15, 0.2) is 11.6 Å². The lowest BCUT2D eigenvalue weighted by Crippen LogP contribution is -2.13. The Morgan fingerprint density at radius 1 is 1.19 bits per heavy atom. The Labute approximate surface area is 124 Å². The Balaban J connectivity index is 1.85. The summed E-state index contributed by atoms with van der Waals surface area (Å²) in [6.07, 6.45) is 5.00. The van der Waals surface area contributed by atoms with Crippen molar-refractivity contribution < 1.29 is 9.53 Å². The van der Waals surface area contributed by atoms with Gasteiger partial charge >= 0.3 is 0 Å². The molecule has 1 aliphatic rings. The zero-order valence-corrected chi connectivity index (χ0v) is 12.1. The molecule has 2 aromatic rings. The number of nitrogens with zero attached hydrogens (tertiary/aromatic N) is 2. The summed E-state index contributed by atoms with van der Waals surface area (Å²) in [4.78, 5) is 20.7. The van der Waals surface area contributed by atoms with Crippen LogP contribution in [0.4, 0.5) is 0 Å². The smallest absolute Gasteiger partial charge is 0.166 e. The highest BCUT2D eigenvalue weighted by Crippen LogP contribution is 2.23. The van der Waals surface area contributed by atoms with Gasteiger partial charge in [-0.2, -0.15) is 0 Å². The minimum atomic E-state index is 0.158. The molecule has 0 N–H and O–H groups in total. The fourth-order valence-corrected chi connectivity index (χ4v) is 2.45. The first-order valence-corrected chi connectivity index (χ1v) is 7.40. The first-order chi connectivity index (χ1) is 10.3. The summed E-state index contributed by atoms with van der Waals surface area (Å²) in [5.74, 6) is 1.69. The van der Waals surface area contributed by atoms with Gasteiger partial charge in [0.2, 0.25) is 0 Å². The number of hydrogen-bond donors (Lipinski definition) is 0. The molecule has 0 atom stereocenters. The van der Waals surface area contributed by atoms with Crippen molar-refractivity contribution in [1.82, 2.24) is 9.97 Å². The third-order valence-electron chi connectivity index (χ3n) is 3.57. The van der Waals surface area contributed by atoms with E-state index < -0.39 is 0 Å². The number of aryl methyl sites for hydroxylation is 1. The molecule has 0 spiro atoms. The van der Waals surface area contributed by atoms with Gasteiger partial charge in [-0.15, -0.1) is 0 Å². The monoisotopic (exact) mass is 282 g/mol. The van der Waals surface area contributed by atoms with E-state index in [1.165, 1.54) is 0 Å². The van der Waals surface area contributed by atoms with Gasteiger partial charge in [-0.05, 0) is 43.5 Å². The second kappa shape index (κ2) is 6.04. The van der Waals surface area contributed by atoms with E-state index in [0.29, 0.717) is 17.8 Å². The van der Waals surface area contributed by atoms with Gasteiger partial charge in [0.1, 0.15) is 5.75 Å². The average molecular weight is 282 g/mol. The maximum Gasteiger partial charge on any atom is 0.166 e. The standard InChI is InChI=1S/C17H18N2O2/c1-2-10-21-13-8-6-12(7-9-13)17-18-11-14-15(19-17)4-3-5-16(14)20/h6-9,11H,2-5,10H2,1H3. The van der Waals surface area contributed by atoms with Crippen molar-refractivity contribution in [3.63, 3.8) is 0 Å². The van der Waals surface area contributed by atoms with Crippen LogP contribution in [0.5, 0.6) is 5.75 Å². The summed E-state index contributed by atoms with van der Waals surface area (Å²) in [5, 5.41) is 0. The van der Waals surface area contributed by atoms with Crippen LogP contribution in [-0.4, -0.2) is 22.4 Å². The third kappa shape index (κ3) is 2.94. The molecule has 3 rings (SSSR count). The van der Waals surface area contributed by atoms with Crippen molar-refractivity contribution in [2.75, 3.05) is 6.61 Å². The van der Waals surface area contributed by atoms with Crippen LogP contribution in [-0.2, 0) is 6.42 Å². The number of hydrogen-bond acceptors (Lipinski definition) is 4. The third-order valence-corrected chi connectivity index (χ3v) is 3.57. The Bertz CT molecular complexity index is 650. The van der Waals surface area contributed by atoms with Crippen LogP contribution in [0, 0.1) is 0 Å². The largest absolute Gasteiger partial charge is 0.494 e. The highest BCUT2D eigenvalue weighted by Gasteiger charge is 2.19. The maximum atomic E-state index is 11.8. The summed E-state index contributed by atoms with van der Waals surface area (Å²) < 4.78 is 5.57. The number of carbonyl (C=O) groups is 1. The number of rotatable bonds is 4. The van der Waals surface area contributed by atoms with Crippen molar-refractivity contribution in [3.8, 4) is 17.1 Å². The van der Waals surface area contributed by atoms with Gasteiger partial charge in [0, 0.05) is 18.2 Å². The molecule has 1 aromatic heterocycles. The number of carbonyl (C=O) groups excluding carboxylic acids is 1. The minimum absolute atomic E-state index is 0.158. The molecule has 0 fully saturated rings. The van der Waals surface area contributed by atoms with E-state index in [4.69, 9.17) is 4.74 Å². The zero-order chi connectivity index (χ0) is 14.7. The summed E-state index contributed by atoms with van der Waals surface area (Å²) in [7, 11) is 0. The van der Waals surface area contributed by atoms with Crippen molar-refractivity contribution in [3.05, 3.63) is 41.7 Å². The lowest BCUT2D eigenvalue weighted by atomic mass is 9.96. The zero-order valence-electron chi connectivity index (χ0n) is 12.1. The van der Waals surface area contributed by atoms with Gasteiger partial charge in [-0.1, -0.05) is 6.92 Å². The van der Waals surface area contributed by atoms with E-state index in [1.807, 2.05) is 24.3 Å². The van der Waals surface area contributed by atoms with E-state index in [2.05, 4.69) is 16.9 Å². The van der Waals surface area contributed by atoms with Crippen LogP contribution in [0.15, 0.2) is 30.5 Å². The fourth-order valence-electron chi connectivity index (χ4n) is 2.45.